The average Bonchev–Trinajstić information content (AvgIpc) is 3.84. The van der Waals surface area contributed by atoms with E-state index in [2.05, 4.69) is 79.9 Å². The van der Waals surface area contributed by atoms with Gasteiger partial charge in [-0.25, -0.2) is 46.3 Å². The molecule has 6 aromatic rings. The molecule has 364 valence electrons. The largest absolute Gasteiger partial charge is 0.367 e. The molecule has 20 heteroatoms. The van der Waals surface area contributed by atoms with Crippen LogP contribution in [-0.2, 0) is 27.1 Å². The predicted molar refractivity (Wildman–Crippen MR) is 255 cm³/mol. The maximum absolute atomic E-state index is 14.2. The number of nitrogens with zero attached hydrogens (tertiary/aromatic N) is 5. The Labute approximate surface area is 396 Å². The highest BCUT2D eigenvalue weighted by Gasteiger charge is 2.28. The quantitative estimate of drug-likeness (QED) is 0.0754. The molecular formula is C47H58F6N8O3S3. The van der Waals surface area contributed by atoms with Gasteiger partial charge in [-0.2, -0.15) is 8.42 Å². The minimum absolute atomic E-state index is 0.0683. The Morgan fingerprint density at radius 1 is 0.657 bits per heavy atom. The molecule has 0 amide bonds. The molecule has 2 fully saturated rings. The summed E-state index contributed by atoms with van der Waals surface area (Å²) in [6.45, 7) is 15.4. The number of nitrogens with one attached hydrogen (secondary N) is 3. The molecule has 0 saturated carbocycles. The van der Waals surface area contributed by atoms with Gasteiger partial charge in [-0.05, 0) is 89.4 Å². The number of thiophene rings is 2. The smallest absolute Gasteiger partial charge is 0.264 e. The standard InChI is InChI=1S/C23H27F3N4S.C15H22N4S.C9H9F3O3S/c1-13(2)8-17-11-18-22(27-12-28-23(18)31-17)29-16-4-6-30(7-5-16)14(3)21-19(25)9-15(24)10-20(21)26;1-10(2)7-12-8-13-14(17-9-18-15(13)20-12)19-11-3-5-16-6-4-11;1-5(15-16(2,13)14)9-7(11)3-6(10)4-8(9)12/h9-14,16H,4-8H2,1-3H3,(H,27,28,29);8-11,16H,3-7H2,1-2H3,(H,17,18,19);3-5H,1-2H3. The number of fused-ring (bicyclic) bond motifs is 2. The lowest BCUT2D eigenvalue weighted by Gasteiger charge is -2.36. The summed E-state index contributed by atoms with van der Waals surface area (Å²) in [6.07, 6.45) is 8.79. The van der Waals surface area contributed by atoms with Gasteiger partial charge in [0.05, 0.1) is 22.6 Å². The zero-order valence-corrected chi connectivity index (χ0v) is 41.1. The number of aromatic nitrogens is 4. The first-order valence-electron chi connectivity index (χ1n) is 22.4. The Morgan fingerprint density at radius 3 is 1.49 bits per heavy atom. The molecule has 2 atom stereocenters. The molecule has 3 N–H and O–H groups in total. The molecule has 2 aliphatic rings. The number of anilines is 2. The van der Waals surface area contributed by atoms with Crippen LogP contribution < -0.4 is 16.0 Å². The second kappa shape index (κ2) is 23.2. The van der Waals surface area contributed by atoms with E-state index < -0.39 is 62.7 Å². The fraction of sp³-hybridized carbons (Fsp3) is 0.489. The first-order valence-corrected chi connectivity index (χ1v) is 25.8. The van der Waals surface area contributed by atoms with E-state index in [4.69, 9.17) is 0 Å². The second-order valence-electron chi connectivity index (χ2n) is 17.8. The fourth-order valence-electron chi connectivity index (χ4n) is 8.22. The van der Waals surface area contributed by atoms with E-state index in [0.717, 1.165) is 104 Å². The van der Waals surface area contributed by atoms with Gasteiger partial charge in [0.15, 0.2) is 0 Å². The highest BCUT2D eigenvalue weighted by Crippen LogP contribution is 2.34. The lowest BCUT2D eigenvalue weighted by molar-refractivity contribution is 0.161. The monoisotopic (exact) mass is 992 g/mol. The van der Waals surface area contributed by atoms with Crippen molar-refractivity contribution in [2.75, 3.05) is 43.1 Å². The summed E-state index contributed by atoms with van der Waals surface area (Å²) in [7, 11) is -3.84. The molecule has 0 spiro atoms. The SMILES string of the molecule is CC(C)Cc1cc2c(NC3CCN(C(C)c4c(F)cc(F)cc4F)CC3)ncnc2s1.CC(C)Cc1cc2c(NC3CCNCC3)ncnc2s1.CC(OS(C)(=O)=O)c1c(F)cc(F)cc1F. The van der Waals surface area contributed by atoms with Gasteiger partial charge >= 0.3 is 0 Å². The van der Waals surface area contributed by atoms with E-state index >= 15 is 0 Å². The molecule has 6 heterocycles. The topological polar surface area (TPSA) is 134 Å². The number of rotatable bonds is 13. The Kier molecular flexibility index (Phi) is 18.0. The van der Waals surface area contributed by atoms with Crippen molar-refractivity contribution in [3.63, 3.8) is 0 Å². The first kappa shape index (κ1) is 51.9. The number of likely N-dealkylation sites (tertiary alicyclic amines) is 1. The number of hydrogen-bond donors (Lipinski definition) is 3. The summed E-state index contributed by atoms with van der Waals surface area (Å²) in [6, 6.07) is 7.16. The molecule has 2 aliphatic heterocycles. The summed E-state index contributed by atoms with van der Waals surface area (Å²) < 4.78 is 106. The molecule has 2 aromatic carbocycles. The zero-order valence-electron chi connectivity index (χ0n) is 38.6. The Hall–Kier alpha value is -4.47. The van der Waals surface area contributed by atoms with Crippen molar-refractivity contribution >= 4 is 64.9 Å². The van der Waals surface area contributed by atoms with Crippen molar-refractivity contribution < 1.29 is 38.9 Å². The predicted octanol–water partition coefficient (Wildman–Crippen LogP) is 11.1. The Bertz CT molecular complexity index is 2660. The van der Waals surface area contributed by atoms with E-state index in [1.165, 1.54) is 15.1 Å². The van der Waals surface area contributed by atoms with Crippen molar-refractivity contribution in [2.24, 2.45) is 11.8 Å². The molecule has 8 rings (SSSR count). The van der Waals surface area contributed by atoms with Gasteiger partial charge < -0.3 is 16.0 Å². The fourth-order valence-corrected chi connectivity index (χ4v) is 11.3. The molecular weight excluding hydrogens is 935 g/mol. The Balaban J connectivity index is 0.000000178. The molecule has 4 aromatic heterocycles. The third kappa shape index (κ3) is 14.5. The normalized spacial score (nSPS) is 16.2. The molecule has 0 bridgehead atoms. The molecule has 2 saturated heterocycles. The molecule has 0 radical (unpaired) electrons. The van der Waals surface area contributed by atoms with Gasteiger partial charge in [-0.3, -0.25) is 9.08 Å². The zero-order chi connectivity index (χ0) is 48.6. The van der Waals surface area contributed by atoms with Crippen molar-refractivity contribution in [3.8, 4) is 0 Å². The molecule has 0 aliphatic carbocycles. The van der Waals surface area contributed by atoms with Crippen LogP contribution in [0.1, 0.15) is 100 Å². The van der Waals surface area contributed by atoms with Crippen LogP contribution in [0.25, 0.3) is 20.4 Å². The van der Waals surface area contributed by atoms with E-state index in [-0.39, 0.29) is 11.6 Å². The molecule has 11 nitrogen and oxygen atoms in total. The van der Waals surface area contributed by atoms with Gasteiger partial charge in [0.2, 0.25) is 0 Å². The lowest BCUT2D eigenvalue weighted by atomic mass is 9.99. The van der Waals surface area contributed by atoms with E-state index in [1.807, 2.05) is 4.90 Å². The van der Waals surface area contributed by atoms with Crippen LogP contribution in [0, 0.1) is 46.7 Å². The van der Waals surface area contributed by atoms with Crippen LogP contribution in [-0.4, -0.2) is 77.8 Å². The highest BCUT2D eigenvalue weighted by atomic mass is 32.2. The van der Waals surface area contributed by atoms with E-state index in [9.17, 15) is 34.8 Å². The van der Waals surface area contributed by atoms with Gasteiger partial charge in [0, 0.05) is 70.8 Å². The highest BCUT2D eigenvalue weighted by molar-refractivity contribution is 7.86. The van der Waals surface area contributed by atoms with Crippen molar-refractivity contribution in [1.82, 2.24) is 30.2 Å². The summed E-state index contributed by atoms with van der Waals surface area (Å²) in [5.41, 5.74) is -0.687. The van der Waals surface area contributed by atoms with Crippen LogP contribution in [0.15, 0.2) is 49.1 Å². The van der Waals surface area contributed by atoms with Gasteiger partial charge in [-0.1, -0.05) is 27.7 Å². The maximum Gasteiger partial charge on any atom is 0.264 e. The third-order valence-corrected chi connectivity index (χ3v) is 14.1. The summed E-state index contributed by atoms with van der Waals surface area (Å²) in [5, 5.41) is 12.8. The van der Waals surface area contributed by atoms with Crippen molar-refractivity contribution in [1.29, 1.82) is 0 Å². The number of benzene rings is 2. The molecule has 2 unspecified atom stereocenters. The van der Waals surface area contributed by atoms with Gasteiger partial charge in [0.1, 0.15) is 75.0 Å². The summed E-state index contributed by atoms with van der Waals surface area (Å²) in [4.78, 5) is 24.6. The van der Waals surface area contributed by atoms with Crippen LogP contribution in [0.5, 0.6) is 0 Å². The maximum atomic E-state index is 14.2. The van der Waals surface area contributed by atoms with Gasteiger partial charge in [-0.15, -0.1) is 22.7 Å². The minimum Gasteiger partial charge on any atom is -0.367 e. The van der Waals surface area contributed by atoms with Crippen LogP contribution >= 0.6 is 22.7 Å². The van der Waals surface area contributed by atoms with Crippen LogP contribution in [0.2, 0.25) is 0 Å². The van der Waals surface area contributed by atoms with Crippen molar-refractivity contribution in [3.05, 3.63) is 105 Å². The average molecular weight is 993 g/mol. The number of piperidine rings is 2. The molecule has 67 heavy (non-hydrogen) atoms. The third-order valence-electron chi connectivity index (χ3n) is 11.3. The lowest BCUT2D eigenvalue weighted by Crippen LogP contribution is -2.40. The summed E-state index contributed by atoms with van der Waals surface area (Å²) >= 11 is 3.51. The van der Waals surface area contributed by atoms with E-state index in [0.29, 0.717) is 43.1 Å². The minimum atomic E-state index is -3.84. The number of hydrogen-bond acceptors (Lipinski definition) is 13. The van der Waals surface area contributed by atoms with Crippen molar-refractivity contribution in [2.45, 2.75) is 104 Å². The second-order valence-corrected chi connectivity index (χ2v) is 21.6. The van der Waals surface area contributed by atoms with Crippen LogP contribution in [0.3, 0.4) is 0 Å². The van der Waals surface area contributed by atoms with Gasteiger partial charge in [0.25, 0.3) is 10.1 Å². The van der Waals surface area contributed by atoms with E-state index in [1.54, 1.807) is 42.3 Å². The number of halogens is 6. The first-order chi connectivity index (χ1) is 31.7. The van der Waals surface area contributed by atoms with Crippen LogP contribution in [0.4, 0.5) is 38.0 Å². The summed E-state index contributed by atoms with van der Waals surface area (Å²) in [5.74, 6) is -2.89. The Morgan fingerprint density at radius 2 is 1.07 bits per heavy atom.